The van der Waals surface area contributed by atoms with Gasteiger partial charge >= 0.3 is 5.97 Å². The Balaban J connectivity index is 1.44. The number of carboxylic acid groups (broad SMARTS) is 1. The summed E-state index contributed by atoms with van der Waals surface area (Å²) in [7, 11) is 1.89. The SMILES string of the molecule is CCCCOC(C(=O)O)c1c(C)cc2nc(N3CCNC(c4ccc5c(cnn5C)c4)C3=O)sc2c1-c1ccc(Cl)cc1. The molecule has 9 nitrogen and oxygen atoms in total. The van der Waals surface area contributed by atoms with Gasteiger partial charge in [-0.3, -0.25) is 14.4 Å². The molecule has 222 valence electrons. The van der Waals surface area contributed by atoms with E-state index in [-0.39, 0.29) is 5.91 Å². The summed E-state index contributed by atoms with van der Waals surface area (Å²) in [6.07, 6.45) is 2.29. The monoisotopic (exact) mass is 617 g/mol. The summed E-state index contributed by atoms with van der Waals surface area (Å²) < 4.78 is 8.56. The number of aromatic nitrogens is 3. The number of unbranched alkanes of at least 4 members (excludes halogenated alkanes) is 1. The van der Waals surface area contributed by atoms with Gasteiger partial charge in [-0.15, -0.1) is 0 Å². The Morgan fingerprint density at radius 3 is 2.77 bits per heavy atom. The number of piperazine rings is 1. The molecule has 1 aliphatic rings. The number of anilines is 1. The van der Waals surface area contributed by atoms with E-state index >= 15 is 0 Å². The summed E-state index contributed by atoms with van der Waals surface area (Å²) in [4.78, 5) is 33.1. The second-order valence-electron chi connectivity index (χ2n) is 10.7. The van der Waals surface area contributed by atoms with Crippen LogP contribution in [0.15, 0.2) is 54.7 Å². The topological polar surface area (TPSA) is 110 Å². The van der Waals surface area contributed by atoms with E-state index < -0.39 is 18.1 Å². The lowest BCUT2D eigenvalue weighted by Crippen LogP contribution is -2.50. The van der Waals surface area contributed by atoms with Crippen molar-refractivity contribution in [3.63, 3.8) is 0 Å². The van der Waals surface area contributed by atoms with Gasteiger partial charge in [-0.1, -0.05) is 54.5 Å². The van der Waals surface area contributed by atoms with Gasteiger partial charge in [0.05, 0.1) is 21.9 Å². The molecule has 2 unspecified atom stereocenters. The van der Waals surface area contributed by atoms with Crippen molar-refractivity contribution < 1.29 is 19.4 Å². The Kier molecular flexibility index (Phi) is 8.19. The zero-order valence-electron chi connectivity index (χ0n) is 24.1. The van der Waals surface area contributed by atoms with Crippen molar-refractivity contribution in [2.75, 3.05) is 24.6 Å². The minimum atomic E-state index is -1.15. The second-order valence-corrected chi connectivity index (χ2v) is 12.2. The fraction of sp³-hybridized carbons (Fsp3) is 0.312. The highest BCUT2D eigenvalue weighted by molar-refractivity contribution is 7.23. The molecular formula is C32H32ClN5O4S. The maximum absolute atomic E-state index is 13.9. The second kappa shape index (κ2) is 12.0. The third kappa shape index (κ3) is 5.51. The van der Waals surface area contributed by atoms with Crippen molar-refractivity contribution in [3.8, 4) is 11.1 Å². The predicted molar refractivity (Wildman–Crippen MR) is 170 cm³/mol. The van der Waals surface area contributed by atoms with Crippen LogP contribution in [0.2, 0.25) is 5.02 Å². The van der Waals surface area contributed by atoms with E-state index in [1.807, 2.05) is 57.3 Å². The van der Waals surface area contributed by atoms with Crippen molar-refractivity contribution in [2.45, 2.75) is 38.8 Å². The standard InChI is InChI=1S/C32H32ClN5O4S/c1-4-5-14-42-28(31(40)41)25-18(2)15-23-29(26(25)19-6-9-22(33)10-7-19)43-32(36-23)38-13-12-34-27(30(38)39)20-8-11-24-21(16-20)17-35-37(24)3/h6-11,15-17,27-28,34H,4-5,12-14H2,1-3H3,(H,40,41). The number of hydrogen-bond donors (Lipinski definition) is 2. The van der Waals surface area contributed by atoms with Crippen LogP contribution in [0.25, 0.3) is 32.2 Å². The maximum atomic E-state index is 13.9. The number of rotatable bonds is 9. The molecule has 5 aromatic rings. The molecule has 3 aromatic carbocycles. The van der Waals surface area contributed by atoms with E-state index in [1.165, 1.54) is 11.3 Å². The van der Waals surface area contributed by atoms with Crippen LogP contribution >= 0.6 is 22.9 Å². The number of nitrogens with zero attached hydrogens (tertiary/aromatic N) is 4. The molecule has 1 amide bonds. The molecule has 0 saturated carbocycles. The first-order valence-electron chi connectivity index (χ1n) is 14.3. The number of thiazole rings is 1. The average molecular weight is 618 g/mol. The number of carboxylic acids is 1. The molecule has 3 heterocycles. The van der Waals surface area contributed by atoms with E-state index in [9.17, 15) is 14.7 Å². The third-order valence-corrected chi connectivity index (χ3v) is 9.21. The normalized spacial score (nSPS) is 16.3. The number of benzene rings is 3. The Morgan fingerprint density at radius 2 is 2.02 bits per heavy atom. The van der Waals surface area contributed by atoms with Crippen LogP contribution in [0, 0.1) is 6.92 Å². The van der Waals surface area contributed by atoms with Crippen LogP contribution < -0.4 is 10.2 Å². The van der Waals surface area contributed by atoms with Gasteiger partial charge in [0.1, 0.15) is 6.04 Å². The molecule has 1 fully saturated rings. The van der Waals surface area contributed by atoms with Crippen LogP contribution in [-0.4, -0.2) is 51.4 Å². The highest BCUT2D eigenvalue weighted by Gasteiger charge is 2.34. The largest absolute Gasteiger partial charge is 0.479 e. The quantitative estimate of drug-likeness (QED) is 0.183. The number of carbonyl (C=O) groups is 2. The number of aliphatic carboxylic acids is 1. The Labute approximate surface area is 258 Å². The van der Waals surface area contributed by atoms with Gasteiger partial charge in [0.2, 0.25) is 0 Å². The molecule has 0 spiro atoms. The summed E-state index contributed by atoms with van der Waals surface area (Å²) in [6, 6.07) is 14.6. The Bertz CT molecular complexity index is 1830. The van der Waals surface area contributed by atoms with Gasteiger partial charge in [-0.25, -0.2) is 9.78 Å². The number of carbonyl (C=O) groups excluding carboxylic acids is 1. The lowest BCUT2D eigenvalue weighted by Gasteiger charge is -2.31. The lowest BCUT2D eigenvalue weighted by atomic mass is 9.91. The van der Waals surface area contributed by atoms with Crippen LogP contribution in [-0.2, 0) is 21.4 Å². The molecule has 2 N–H and O–H groups in total. The highest BCUT2D eigenvalue weighted by atomic mass is 35.5. The average Bonchev–Trinajstić information content (AvgIpc) is 3.58. The van der Waals surface area contributed by atoms with Gasteiger partial charge in [0.25, 0.3) is 5.91 Å². The fourth-order valence-corrected chi connectivity index (χ4v) is 6.95. The molecule has 0 aliphatic carbocycles. The van der Waals surface area contributed by atoms with E-state index in [0.717, 1.165) is 50.7 Å². The van der Waals surface area contributed by atoms with Gasteiger partial charge in [0.15, 0.2) is 11.2 Å². The zero-order valence-corrected chi connectivity index (χ0v) is 25.7. The molecular weight excluding hydrogens is 586 g/mol. The lowest BCUT2D eigenvalue weighted by molar-refractivity contribution is -0.151. The molecule has 0 radical (unpaired) electrons. The third-order valence-electron chi connectivity index (χ3n) is 7.85. The summed E-state index contributed by atoms with van der Waals surface area (Å²) >= 11 is 7.61. The molecule has 1 aliphatic heterocycles. The molecule has 2 atom stereocenters. The first-order chi connectivity index (χ1) is 20.8. The minimum absolute atomic E-state index is 0.0927. The first-order valence-corrected chi connectivity index (χ1v) is 15.5. The van der Waals surface area contributed by atoms with E-state index in [0.29, 0.717) is 40.9 Å². The van der Waals surface area contributed by atoms with Gasteiger partial charge < -0.3 is 15.2 Å². The predicted octanol–water partition coefficient (Wildman–Crippen LogP) is 6.43. The number of halogens is 1. The van der Waals surface area contributed by atoms with Gasteiger partial charge in [0, 0.05) is 48.3 Å². The van der Waals surface area contributed by atoms with Crippen molar-refractivity contribution in [2.24, 2.45) is 7.05 Å². The minimum Gasteiger partial charge on any atom is -0.479 e. The van der Waals surface area contributed by atoms with Crippen LogP contribution in [0.4, 0.5) is 5.13 Å². The van der Waals surface area contributed by atoms with Gasteiger partial charge in [-0.2, -0.15) is 5.10 Å². The van der Waals surface area contributed by atoms with Gasteiger partial charge in [-0.05, 0) is 60.4 Å². The van der Waals surface area contributed by atoms with E-state index in [4.69, 9.17) is 21.3 Å². The van der Waals surface area contributed by atoms with Crippen LogP contribution in [0.3, 0.4) is 0 Å². The highest BCUT2D eigenvalue weighted by Crippen LogP contribution is 2.44. The number of nitrogens with one attached hydrogen (secondary N) is 1. The molecule has 6 rings (SSSR count). The number of ether oxygens (including phenoxy) is 1. The van der Waals surface area contributed by atoms with Crippen LogP contribution in [0.1, 0.15) is 48.6 Å². The van der Waals surface area contributed by atoms with Crippen molar-refractivity contribution in [3.05, 3.63) is 76.4 Å². The number of aryl methyl sites for hydroxylation is 2. The Hall–Kier alpha value is -3.83. The summed E-state index contributed by atoms with van der Waals surface area (Å²) in [5, 5.41) is 20.1. The molecule has 1 saturated heterocycles. The van der Waals surface area contributed by atoms with Crippen molar-refractivity contribution in [1.29, 1.82) is 0 Å². The Morgan fingerprint density at radius 1 is 1.23 bits per heavy atom. The number of hydrogen-bond acceptors (Lipinski definition) is 7. The van der Waals surface area contributed by atoms with Crippen molar-refractivity contribution in [1.82, 2.24) is 20.1 Å². The fourth-order valence-electron chi connectivity index (χ4n) is 5.67. The van der Waals surface area contributed by atoms with E-state index in [1.54, 1.807) is 27.9 Å². The maximum Gasteiger partial charge on any atom is 0.337 e. The molecule has 2 aromatic heterocycles. The summed E-state index contributed by atoms with van der Waals surface area (Å²) in [5.41, 5.74) is 5.45. The summed E-state index contributed by atoms with van der Waals surface area (Å²) in [6.45, 7) is 5.31. The number of amides is 1. The number of fused-ring (bicyclic) bond motifs is 2. The molecule has 43 heavy (non-hydrogen) atoms. The van der Waals surface area contributed by atoms with Crippen LogP contribution in [0.5, 0.6) is 0 Å². The molecule has 11 heteroatoms. The van der Waals surface area contributed by atoms with Crippen molar-refractivity contribution >= 4 is 61.1 Å². The molecule has 0 bridgehead atoms. The summed E-state index contributed by atoms with van der Waals surface area (Å²) in [5.74, 6) is -1.14. The smallest absolute Gasteiger partial charge is 0.337 e. The first kappa shape index (κ1) is 29.3. The zero-order chi connectivity index (χ0) is 30.2. The van der Waals surface area contributed by atoms with E-state index in [2.05, 4.69) is 10.4 Å².